The Morgan fingerprint density at radius 2 is 1.75 bits per heavy atom. The molecule has 1 heterocycles. The van der Waals surface area contributed by atoms with Crippen LogP contribution in [0.4, 0.5) is 0 Å². The summed E-state index contributed by atoms with van der Waals surface area (Å²) in [5.41, 5.74) is 0. The molecule has 0 aliphatic carbocycles. The van der Waals surface area contributed by atoms with Gasteiger partial charge in [0.05, 0.1) is 13.0 Å². The molecular formula is C11H18N2O3. The average Bonchev–Trinajstić information content (AvgIpc) is 2.26. The Kier molecular flexibility index (Phi) is 4.95. The zero-order chi connectivity index (χ0) is 12.0. The highest BCUT2D eigenvalue weighted by atomic mass is 16.2. The molecule has 2 amide bonds. The highest BCUT2D eigenvalue weighted by Gasteiger charge is 2.16. The third kappa shape index (κ3) is 4.42. The topological polar surface area (TPSA) is 66.5 Å². The SMILES string of the molecule is CC(=O)CC(=O)NCC(=O)N1CCCCC1. The van der Waals surface area contributed by atoms with Crippen LogP contribution in [0.5, 0.6) is 0 Å². The molecule has 16 heavy (non-hydrogen) atoms. The molecule has 5 heteroatoms. The van der Waals surface area contributed by atoms with Crippen LogP contribution in [0.15, 0.2) is 0 Å². The fourth-order valence-corrected chi connectivity index (χ4v) is 1.72. The van der Waals surface area contributed by atoms with Crippen molar-refractivity contribution in [1.29, 1.82) is 0 Å². The number of Topliss-reactive ketones (excluding diaryl/α,β-unsaturated/α-hetero) is 1. The zero-order valence-corrected chi connectivity index (χ0v) is 9.62. The normalized spacial score (nSPS) is 15.7. The summed E-state index contributed by atoms with van der Waals surface area (Å²) in [7, 11) is 0. The minimum atomic E-state index is -0.377. The standard InChI is InChI=1S/C11H18N2O3/c1-9(14)7-10(15)12-8-11(16)13-5-3-2-4-6-13/h2-8H2,1H3,(H,12,15). The lowest BCUT2D eigenvalue weighted by molar-refractivity contribution is -0.134. The van der Waals surface area contributed by atoms with Crippen LogP contribution in [0.25, 0.3) is 0 Å². The Morgan fingerprint density at radius 3 is 2.31 bits per heavy atom. The molecule has 0 aromatic heterocycles. The first-order chi connectivity index (χ1) is 7.59. The number of rotatable bonds is 4. The van der Waals surface area contributed by atoms with Gasteiger partial charge in [0.2, 0.25) is 11.8 Å². The summed E-state index contributed by atoms with van der Waals surface area (Å²) in [4.78, 5) is 35.2. The molecule has 0 aromatic rings. The predicted octanol–water partition coefficient (Wildman–Crippen LogP) is 0.0942. The number of piperidine rings is 1. The summed E-state index contributed by atoms with van der Waals surface area (Å²) in [5, 5.41) is 2.46. The minimum Gasteiger partial charge on any atom is -0.347 e. The minimum absolute atomic E-state index is 0.00606. The van der Waals surface area contributed by atoms with Gasteiger partial charge in [0.15, 0.2) is 0 Å². The van der Waals surface area contributed by atoms with E-state index < -0.39 is 0 Å². The van der Waals surface area contributed by atoms with Gasteiger partial charge in [0, 0.05) is 13.1 Å². The van der Waals surface area contributed by atoms with Crippen molar-refractivity contribution in [1.82, 2.24) is 10.2 Å². The van der Waals surface area contributed by atoms with Crippen molar-refractivity contribution in [2.24, 2.45) is 0 Å². The Bertz CT molecular complexity index is 283. The number of carbonyl (C=O) groups is 3. The molecule has 5 nitrogen and oxygen atoms in total. The van der Waals surface area contributed by atoms with Crippen LogP contribution in [-0.4, -0.2) is 42.1 Å². The maximum atomic E-state index is 11.6. The maximum absolute atomic E-state index is 11.6. The van der Waals surface area contributed by atoms with Crippen LogP contribution in [-0.2, 0) is 14.4 Å². The van der Waals surface area contributed by atoms with Crippen LogP contribution in [0.2, 0.25) is 0 Å². The van der Waals surface area contributed by atoms with Gasteiger partial charge in [-0.3, -0.25) is 14.4 Å². The lowest BCUT2D eigenvalue weighted by Crippen LogP contribution is -2.42. The van der Waals surface area contributed by atoms with Gasteiger partial charge in [-0.2, -0.15) is 0 Å². The Labute approximate surface area is 95.2 Å². The van der Waals surface area contributed by atoms with Crippen LogP contribution in [0.3, 0.4) is 0 Å². The van der Waals surface area contributed by atoms with E-state index >= 15 is 0 Å². The summed E-state index contributed by atoms with van der Waals surface area (Å²) < 4.78 is 0. The molecule has 0 unspecified atom stereocenters. The van der Waals surface area contributed by atoms with E-state index in [1.165, 1.54) is 13.3 Å². The summed E-state index contributed by atoms with van der Waals surface area (Å²) in [6.45, 7) is 2.92. The molecule has 1 N–H and O–H groups in total. The highest BCUT2D eigenvalue weighted by molar-refractivity contribution is 5.98. The number of nitrogens with zero attached hydrogens (tertiary/aromatic N) is 1. The van der Waals surface area contributed by atoms with Gasteiger partial charge in [-0.05, 0) is 26.2 Å². The largest absolute Gasteiger partial charge is 0.347 e. The van der Waals surface area contributed by atoms with Crippen molar-refractivity contribution >= 4 is 17.6 Å². The van der Waals surface area contributed by atoms with Gasteiger partial charge in [0.1, 0.15) is 5.78 Å². The third-order valence-electron chi connectivity index (χ3n) is 2.56. The number of ketones is 1. The number of hydrogen-bond donors (Lipinski definition) is 1. The van der Waals surface area contributed by atoms with Crippen molar-refractivity contribution < 1.29 is 14.4 Å². The van der Waals surface area contributed by atoms with Crippen molar-refractivity contribution in [3.05, 3.63) is 0 Å². The third-order valence-corrected chi connectivity index (χ3v) is 2.56. The molecule has 90 valence electrons. The van der Waals surface area contributed by atoms with Crippen molar-refractivity contribution in [2.75, 3.05) is 19.6 Å². The first-order valence-corrected chi connectivity index (χ1v) is 5.63. The molecule has 0 atom stereocenters. The van der Waals surface area contributed by atoms with Crippen molar-refractivity contribution in [3.63, 3.8) is 0 Å². The number of nitrogens with one attached hydrogen (secondary N) is 1. The molecule has 0 spiro atoms. The molecule has 0 bridgehead atoms. The van der Waals surface area contributed by atoms with Gasteiger partial charge in [-0.1, -0.05) is 0 Å². The molecule has 0 radical (unpaired) electrons. The second kappa shape index (κ2) is 6.25. The predicted molar refractivity (Wildman–Crippen MR) is 58.7 cm³/mol. The number of hydrogen-bond acceptors (Lipinski definition) is 3. The van der Waals surface area contributed by atoms with E-state index in [2.05, 4.69) is 5.32 Å². The lowest BCUT2D eigenvalue weighted by Gasteiger charge is -2.26. The van der Waals surface area contributed by atoms with Crippen molar-refractivity contribution in [3.8, 4) is 0 Å². The monoisotopic (exact) mass is 226 g/mol. The zero-order valence-electron chi connectivity index (χ0n) is 9.62. The van der Waals surface area contributed by atoms with E-state index in [4.69, 9.17) is 0 Å². The van der Waals surface area contributed by atoms with E-state index in [1.54, 1.807) is 4.90 Å². The number of carbonyl (C=O) groups excluding carboxylic acids is 3. The Hall–Kier alpha value is -1.39. The van der Waals surface area contributed by atoms with Gasteiger partial charge >= 0.3 is 0 Å². The van der Waals surface area contributed by atoms with E-state index in [0.29, 0.717) is 0 Å². The molecule has 0 saturated carbocycles. The first kappa shape index (κ1) is 12.7. The van der Waals surface area contributed by atoms with Gasteiger partial charge in [0.25, 0.3) is 0 Å². The molecule has 1 aliphatic heterocycles. The summed E-state index contributed by atoms with van der Waals surface area (Å²) in [6, 6.07) is 0. The van der Waals surface area contributed by atoms with Gasteiger partial charge in [-0.15, -0.1) is 0 Å². The summed E-state index contributed by atoms with van der Waals surface area (Å²) in [6.07, 6.45) is 3.09. The number of amides is 2. The second-order valence-corrected chi connectivity index (χ2v) is 4.10. The van der Waals surface area contributed by atoms with Crippen LogP contribution in [0, 0.1) is 0 Å². The highest BCUT2D eigenvalue weighted by Crippen LogP contribution is 2.08. The van der Waals surface area contributed by atoms with Crippen LogP contribution >= 0.6 is 0 Å². The summed E-state index contributed by atoms with van der Waals surface area (Å²) in [5.74, 6) is -0.627. The van der Waals surface area contributed by atoms with Crippen molar-refractivity contribution in [2.45, 2.75) is 32.6 Å². The molecule has 1 aliphatic rings. The van der Waals surface area contributed by atoms with Crippen LogP contribution < -0.4 is 5.32 Å². The smallest absolute Gasteiger partial charge is 0.241 e. The quantitative estimate of drug-likeness (QED) is 0.691. The van der Waals surface area contributed by atoms with E-state index in [0.717, 1.165) is 25.9 Å². The molecule has 1 rings (SSSR count). The Morgan fingerprint density at radius 1 is 1.12 bits per heavy atom. The molecular weight excluding hydrogens is 208 g/mol. The average molecular weight is 226 g/mol. The van der Waals surface area contributed by atoms with Crippen LogP contribution in [0.1, 0.15) is 32.6 Å². The first-order valence-electron chi connectivity index (χ1n) is 5.63. The number of likely N-dealkylation sites (tertiary alicyclic amines) is 1. The van der Waals surface area contributed by atoms with Gasteiger partial charge in [-0.25, -0.2) is 0 Å². The molecule has 1 saturated heterocycles. The van der Waals surface area contributed by atoms with Gasteiger partial charge < -0.3 is 10.2 Å². The van der Waals surface area contributed by atoms with E-state index in [1.807, 2.05) is 0 Å². The second-order valence-electron chi connectivity index (χ2n) is 4.10. The fourth-order valence-electron chi connectivity index (χ4n) is 1.72. The van der Waals surface area contributed by atoms with E-state index in [-0.39, 0.29) is 30.6 Å². The molecule has 0 aromatic carbocycles. The molecule has 1 fully saturated rings. The Balaban J connectivity index is 2.23. The fraction of sp³-hybridized carbons (Fsp3) is 0.727. The summed E-state index contributed by atoms with van der Waals surface area (Å²) >= 11 is 0. The van der Waals surface area contributed by atoms with E-state index in [9.17, 15) is 14.4 Å². The maximum Gasteiger partial charge on any atom is 0.241 e. The lowest BCUT2D eigenvalue weighted by atomic mass is 10.1.